The maximum absolute atomic E-state index is 5.57. The topological polar surface area (TPSA) is 53.1 Å². The van der Waals surface area contributed by atoms with Crippen LogP contribution in [0.3, 0.4) is 0 Å². The summed E-state index contributed by atoms with van der Waals surface area (Å²) in [6.07, 6.45) is 0. The second-order valence-corrected chi connectivity index (χ2v) is 5.14. The average Bonchev–Trinajstić information content (AvgIpc) is 3.09. The van der Waals surface area contributed by atoms with E-state index in [1.54, 1.807) is 16.0 Å². The summed E-state index contributed by atoms with van der Waals surface area (Å²) in [7, 11) is 1.88. The standard InChI is InChI=1S/C13H13N3O2S/c1-9-6-13(14-16(9)2)17-8-10-7-11(18-15-10)12-4-3-5-19-12/h3-7H,8H2,1-2H3. The molecule has 3 aromatic heterocycles. The number of thiophene rings is 1. The minimum absolute atomic E-state index is 0.353. The van der Waals surface area contributed by atoms with Crippen molar-refractivity contribution in [2.75, 3.05) is 0 Å². The third-order valence-electron chi connectivity index (χ3n) is 2.78. The lowest BCUT2D eigenvalue weighted by Crippen LogP contribution is -1.97. The first-order valence-corrected chi connectivity index (χ1v) is 6.73. The van der Waals surface area contributed by atoms with Crippen LogP contribution in [0.5, 0.6) is 5.88 Å². The first-order valence-electron chi connectivity index (χ1n) is 5.85. The Bertz CT molecular complexity index is 650. The van der Waals surface area contributed by atoms with Crippen molar-refractivity contribution < 1.29 is 9.26 Å². The molecule has 0 aliphatic rings. The molecule has 98 valence electrons. The summed E-state index contributed by atoms with van der Waals surface area (Å²) in [5, 5.41) is 10.2. The van der Waals surface area contributed by atoms with E-state index in [1.165, 1.54) is 0 Å². The van der Waals surface area contributed by atoms with Crippen LogP contribution in [0, 0.1) is 6.92 Å². The van der Waals surface area contributed by atoms with Crippen molar-refractivity contribution in [1.29, 1.82) is 0 Å². The van der Waals surface area contributed by atoms with E-state index in [-0.39, 0.29) is 0 Å². The number of hydrogen-bond acceptors (Lipinski definition) is 5. The predicted octanol–water partition coefficient (Wildman–Crippen LogP) is 3.02. The summed E-state index contributed by atoms with van der Waals surface area (Å²) < 4.78 is 12.6. The van der Waals surface area contributed by atoms with E-state index in [2.05, 4.69) is 10.3 Å². The highest BCUT2D eigenvalue weighted by molar-refractivity contribution is 7.13. The van der Waals surface area contributed by atoms with Gasteiger partial charge in [-0.25, -0.2) is 0 Å². The molecule has 0 bridgehead atoms. The van der Waals surface area contributed by atoms with Gasteiger partial charge in [0.2, 0.25) is 5.88 Å². The highest BCUT2D eigenvalue weighted by atomic mass is 32.1. The van der Waals surface area contributed by atoms with E-state index in [4.69, 9.17) is 9.26 Å². The van der Waals surface area contributed by atoms with Gasteiger partial charge in [0.25, 0.3) is 0 Å². The van der Waals surface area contributed by atoms with Crippen molar-refractivity contribution in [3.8, 4) is 16.5 Å². The van der Waals surface area contributed by atoms with E-state index in [9.17, 15) is 0 Å². The second kappa shape index (κ2) is 4.89. The first kappa shape index (κ1) is 12.0. The molecule has 3 aromatic rings. The number of ether oxygens (including phenoxy) is 1. The minimum atomic E-state index is 0.353. The van der Waals surface area contributed by atoms with Gasteiger partial charge in [-0.05, 0) is 18.4 Å². The largest absolute Gasteiger partial charge is 0.470 e. The molecule has 3 heterocycles. The van der Waals surface area contributed by atoms with Crippen LogP contribution >= 0.6 is 11.3 Å². The SMILES string of the molecule is Cc1cc(OCc2cc(-c3cccs3)on2)nn1C. The van der Waals surface area contributed by atoms with E-state index in [0.717, 1.165) is 22.0 Å². The Balaban J connectivity index is 1.67. The van der Waals surface area contributed by atoms with Crippen LogP contribution in [0.1, 0.15) is 11.4 Å². The summed E-state index contributed by atoms with van der Waals surface area (Å²) in [6.45, 7) is 2.33. The van der Waals surface area contributed by atoms with Crippen LogP contribution < -0.4 is 4.74 Å². The minimum Gasteiger partial charge on any atom is -0.470 e. The summed E-state index contributed by atoms with van der Waals surface area (Å²) in [5.74, 6) is 1.37. The van der Waals surface area contributed by atoms with Crippen molar-refractivity contribution in [2.24, 2.45) is 7.05 Å². The molecule has 0 aromatic carbocycles. The van der Waals surface area contributed by atoms with Crippen LogP contribution in [-0.4, -0.2) is 14.9 Å². The quantitative estimate of drug-likeness (QED) is 0.734. The molecule has 0 aliphatic carbocycles. The summed E-state index contributed by atoms with van der Waals surface area (Å²) >= 11 is 1.62. The molecule has 0 fully saturated rings. The fourth-order valence-corrected chi connectivity index (χ4v) is 2.33. The van der Waals surface area contributed by atoms with Crippen LogP contribution in [0.2, 0.25) is 0 Å². The van der Waals surface area contributed by atoms with Crippen LogP contribution in [0.25, 0.3) is 10.6 Å². The highest BCUT2D eigenvalue weighted by Crippen LogP contribution is 2.25. The molecule has 0 aliphatic heterocycles. The zero-order valence-electron chi connectivity index (χ0n) is 10.7. The Morgan fingerprint density at radius 1 is 1.42 bits per heavy atom. The third-order valence-corrected chi connectivity index (χ3v) is 3.67. The van der Waals surface area contributed by atoms with Crippen molar-refractivity contribution in [2.45, 2.75) is 13.5 Å². The zero-order valence-corrected chi connectivity index (χ0v) is 11.5. The number of rotatable bonds is 4. The molecule has 0 atom stereocenters. The molecule has 6 heteroatoms. The van der Waals surface area contributed by atoms with E-state index in [0.29, 0.717) is 12.5 Å². The first-order chi connectivity index (χ1) is 9.22. The van der Waals surface area contributed by atoms with Gasteiger partial charge in [0.15, 0.2) is 5.76 Å². The molecule has 0 N–H and O–H groups in total. The summed E-state index contributed by atoms with van der Waals surface area (Å²) in [5.41, 5.74) is 1.81. The highest BCUT2D eigenvalue weighted by Gasteiger charge is 2.09. The Labute approximate surface area is 114 Å². The van der Waals surface area contributed by atoms with Gasteiger partial charge in [-0.1, -0.05) is 11.2 Å². The van der Waals surface area contributed by atoms with Crippen LogP contribution in [0.15, 0.2) is 34.2 Å². The third kappa shape index (κ3) is 2.53. The summed E-state index contributed by atoms with van der Waals surface area (Å²) in [6, 6.07) is 7.76. The number of aromatic nitrogens is 3. The number of nitrogens with zero attached hydrogens (tertiary/aromatic N) is 3. The van der Waals surface area contributed by atoms with E-state index in [1.807, 2.05) is 43.6 Å². The Hall–Kier alpha value is -2.08. The van der Waals surface area contributed by atoms with Crippen LogP contribution in [0.4, 0.5) is 0 Å². The molecular weight excluding hydrogens is 262 g/mol. The second-order valence-electron chi connectivity index (χ2n) is 4.20. The fourth-order valence-electron chi connectivity index (χ4n) is 1.66. The molecule has 5 nitrogen and oxygen atoms in total. The van der Waals surface area contributed by atoms with Gasteiger partial charge in [-0.2, -0.15) is 0 Å². The van der Waals surface area contributed by atoms with Crippen LogP contribution in [-0.2, 0) is 13.7 Å². The van der Waals surface area contributed by atoms with Crippen molar-refractivity contribution in [1.82, 2.24) is 14.9 Å². The summed E-state index contributed by atoms with van der Waals surface area (Å²) in [4.78, 5) is 1.06. The van der Waals surface area contributed by atoms with Gasteiger partial charge in [0.1, 0.15) is 12.3 Å². The van der Waals surface area contributed by atoms with E-state index >= 15 is 0 Å². The molecule has 0 amide bonds. The predicted molar refractivity (Wildman–Crippen MR) is 72.1 cm³/mol. The Kier molecular flexibility index (Phi) is 3.08. The van der Waals surface area contributed by atoms with Gasteiger partial charge >= 0.3 is 0 Å². The number of aryl methyl sites for hydroxylation is 2. The van der Waals surface area contributed by atoms with Gasteiger partial charge in [0, 0.05) is 24.9 Å². The average molecular weight is 275 g/mol. The zero-order chi connectivity index (χ0) is 13.2. The molecular formula is C13H13N3O2S. The lowest BCUT2D eigenvalue weighted by Gasteiger charge is -1.97. The fraction of sp³-hybridized carbons (Fsp3) is 0.231. The normalized spacial score (nSPS) is 10.8. The molecule has 19 heavy (non-hydrogen) atoms. The molecule has 0 saturated heterocycles. The Morgan fingerprint density at radius 3 is 3.00 bits per heavy atom. The van der Waals surface area contributed by atoms with Gasteiger partial charge < -0.3 is 9.26 Å². The van der Waals surface area contributed by atoms with Crippen molar-refractivity contribution >= 4 is 11.3 Å². The molecule has 0 saturated carbocycles. The van der Waals surface area contributed by atoms with Crippen molar-refractivity contribution in [3.05, 3.63) is 41.0 Å². The molecule has 0 unspecified atom stereocenters. The maximum atomic E-state index is 5.57. The van der Waals surface area contributed by atoms with E-state index < -0.39 is 0 Å². The monoisotopic (exact) mass is 275 g/mol. The maximum Gasteiger partial charge on any atom is 0.233 e. The van der Waals surface area contributed by atoms with Gasteiger partial charge in [0.05, 0.1) is 4.88 Å². The lowest BCUT2D eigenvalue weighted by molar-refractivity contribution is 0.277. The van der Waals surface area contributed by atoms with Gasteiger partial charge in [-0.3, -0.25) is 4.68 Å². The van der Waals surface area contributed by atoms with Gasteiger partial charge in [-0.15, -0.1) is 16.4 Å². The van der Waals surface area contributed by atoms with Crippen molar-refractivity contribution in [3.63, 3.8) is 0 Å². The molecule has 3 rings (SSSR count). The lowest BCUT2D eigenvalue weighted by atomic mass is 10.3. The number of hydrogen-bond donors (Lipinski definition) is 0. The molecule has 0 spiro atoms. The smallest absolute Gasteiger partial charge is 0.233 e. The molecule has 0 radical (unpaired) electrons. The Morgan fingerprint density at radius 2 is 2.32 bits per heavy atom.